The van der Waals surface area contributed by atoms with Crippen LogP contribution in [0.1, 0.15) is 12.0 Å². The van der Waals surface area contributed by atoms with Crippen LogP contribution < -0.4 is 5.32 Å². The van der Waals surface area contributed by atoms with Gasteiger partial charge in [0.05, 0.1) is 0 Å². The Morgan fingerprint density at radius 2 is 2.12 bits per heavy atom. The Hall–Kier alpha value is -1.42. The largest absolute Gasteiger partial charge is 0.337 e. The highest BCUT2D eigenvalue weighted by atomic mass is 19.1. The number of nitrogens with zero attached hydrogens (tertiary/aromatic N) is 1. The minimum absolute atomic E-state index is 0.0910. The van der Waals surface area contributed by atoms with E-state index in [0.717, 1.165) is 6.54 Å². The van der Waals surface area contributed by atoms with E-state index in [4.69, 9.17) is 0 Å². The van der Waals surface area contributed by atoms with Crippen LogP contribution in [-0.2, 0) is 11.3 Å². The van der Waals surface area contributed by atoms with E-state index in [9.17, 15) is 9.18 Å². The van der Waals surface area contributed by atoms with E-state index in [1.807, 2.05) is 0 Å². The number of amides is 1. The van der Waals surface area contributed by atoms with E-state index in [0.29, 0.717) is 31.6 Å². The molecule has 0 radical (unpaired) electrons. The van der Waals surface area contributed by atoms with Crippen molar-refractivity contribution in [2.24, 2.45) is 0 Å². The average Bonchev–Trinajstić information content (AvgIpc) is 2.48. The summed E-state index contributed by atoms with van der Waals surface area (Å²) in [5.74, 6) is -0.152. The Morgan fingerprint density at radius 1 is 1.31 bits per heavy atom. The van der Waals surface area contributed by atoms with E-state index >= 15 is 0 Å². The van der Waals surface area contributed by atoms with Crippen LogP contribution >= 0.6 is 0 Å². The summed E-state index contributed by atoms with van der Waals surface area (Å²) in [6.45, 7) is 2.51. The fourth-order valence-corrected chi connectivity index (χ4v) is 1.82. The number of benzene rings is 1. The molecule has 1 aromatic carbocycles. The van der Waals surface area contributed by atoms with Gasteiger partial charge in [0.2, 0.25) is 5.91 Å². The highest BCUT2D eigenvalue weighted by Crippen LogP contribution is 2.11. The quantitative estimate of drug-likeness (QED) is 0.814. The summed E-state index contributed by atoms with van der Waals surface area (Å²) in [7, 11) is 0. The Balaban J connectivity index is 2.08. The number of carbonyl (C=O) groups is 1. The van der Waals surface area contributed by atoms with Crippen molar-refractivity contribution >= 4 is 5.91 Å². The van der Waals surface area contributed by atoms with Crippen molar-refractivity contribution in [3.63, 3.8) is 0 Å². The van der Waals surface area contributed by atoms with Gasteiger partial charge in [-0.2, -0.15) is 0 Å². The van der Waals surface area contributed by atoms with E-state index < -0.39 is 0 Å². The van der Waals surface area contributed by atoms with Gasteiger partial charge in [0.25, 0.3) is 0 Å². The van der Waals surface area contributed by atoms with Gasteiger partial charge in [0, 0.05) is 38.2 Å². The molecule has 1 aliphatic heterocycles. The van der Waals surface area contributed by atoms with Gasteiger partial charge >= 0.3 is 0 Å². The first-order chi connectivity index (χ1) is 7.77. The molecule has 86 valence electrons. The summed E-state index contributed by atoms with van der Waals surface area (Å²) in [6.07, 6.45) is 0.494. The van der Waals surface area contributed by atoms with E-state index in [2.05, 4.69) is 5.32 Å². The second-order valence-electron chi connectivity index (χ2n) is 3.91. The first kappa shape index (κ1) is 11.1. The lowest BCUT2D eigenvalue weighted by Gasteiger charge is -2.20. The lowest BCUT2D eigenvalue weighted by Crippen LogP contribution is -2.32. The summed E-state index contributed by atoms with van der Waals surface area (Å²) >= 11 is 0. The van der Waals surface area contributed by atoms with Crippen molar-refractivity contribution in [1.82, 2.24) is 10.2 Å². The van der Waals surface area contributed by atoms with Crippen molar-refractivity contribution in [2.75, 3.05) is 19.6 Å². The van der Waals surface area contributed by atoms with Crippen LogP contribution in [0.15, 0.2) is 24.3 Å². The predicted octanol–water partition coefficient (Wildman–Crippen LogP) is 1.15. The molecule has 1 N–H and O–H groups in total. The van der Waals surface area contributed by atoms with Crippen molar-refractivity contribution in [1.29, 1.82) is 0 Å². The average molecular weight is 222 g/mol. The summed E-state index contributed by atoms with van der Waals surface area (Å²) < 4.78 is 13.4. The second-order valence-corrected chi connectivity index (χ2v) is 3.91. The van der Waals surface area contributed by atoms with Gasteiger partial charge in [-0.05, 0) is 6.07 Å². The topological polar surface area (TPSA) is 32.3 Å². The third-order valence-corrected chi connectivity index (χ3v) is 2.75. The molecule has 0 atom stereocenters. The highest BCUT2D eigenvalue weighted by Gasteiger charge is 2.17. The van der Waals surface area contributed by atoms with E-state index in [-0.39, 0.29) is 11.7 Å². The first-order valence-corrected chi connectivity index (χ1v) is 5.49. The summed E-state index contributed by atoms with van der Waals surface area (Å²) in [5, 5.41) is 3.15. The van der Waals surface area contributed by atoms with Crippen LogP contribution in [0.2, 0.25) is 0 Å². The lowest BCUT2D eigenvalue weighted by molar-refractivity contribution is -0.130. The van der Waals surface area contributed by atoms with Crippen LogP contribution in [0.25, 0.3) is 0 Å². The first-order valence-electron chi connectivity index (χ1n) is 5.49. The maximum atomic E-state index is 13.4. The molecular formula is C12H15FN2O. The Morgan fingerprint density at radius 3 is 2.94 bits per heavy atom. The molecule has 1 aliphatic rings. The maximum absolute atomic E-state index is 13.4. The highest BCUT2D eigenvalue weighted by molar-refractivity contribution is 5.76. The van der Waals surface area contributed by atoms with Crippen molar-refractivity contribution < 1.29 is 9.18 Å². The zero-order valence-electron chi connectivity index (χ0n) is 9.08. The molecule has 0 unspecified atom stereocenters. The maximum Gasteiger partial charge on any atom is 0.224 e. The SMILES string of the molecule is O=C1CCNCCN1Cc1ccccc1F. The number of halogens is 1. The molecule has 0 spiro atoms. The number of rotatable bonds is 2. The van der Waals surface area contributed by atoms with Crippen LogP contribution in [0.4, 0.5) is 4.39 Å². The Kier molecular flexibility index (Phi) is 3.51. The van der Waals surface area contributed by atoms with Crippen LogP contribution in [0.3, 0.4) is 0 Å². The molecule has 0 aromatic heterocycles. The molecule has 1 amide bonds. The van der Waals surface area contributed by atoms with E-state index in [1.54, 1.807) is 23.1 Å². The molecule has 1 heterocycles. The zero-order chi connectivity index (χ0) is 11.4. The molecule has 2 rings (SSSR count). The monoisotopic (exact) mass is 222 g/mol. The van der Waals surface area contributed by atoms with Gasteiger partial charge in [0.1, 0.15) is 5.82 Å². The summed E-state index contributed by atoms with van der Waals surface area (Å²) in [4.78, 5) is 13.4. The van der Waals surface area contributed by atoms with Gasteiger partial charge in [-0.1, -0.05) is 18.2 Å². The molecular weight excluding hydrogens is 207 g/mol. The molecule has 1 saturated heterocycles. The molecule has 1 aromatic rings. The smallest absolute Gasteiger partial charge is 0.224 e. The predicted molar refractivity (Wildman–Crippen MR) is 59.3 cm³/mol. The molecule has 1 fully saturated rings. The molecule has 0 saturated carbocycles. The molecule has 0 aliphatic carbocycles. The number of nitrogens with one attached hydrogen (secondary N) is 1. The van der Waals surface area contributed by atoms with Gasteiger partial charge in [-0.15, -0.1) is 0 Å². The molecule has 16 heavy (non-hydrogen) atoms. The van der Waals surface area contributed by atoms with E-state index in [1.165, 1.54) is 6.07 Å². The van der Waals surface area contributed by atoms with Crippen molar-refractivity contribution in [3.8, 4) is 0 Å². The summed E-state index contributed by atoms with van der Waals surface area (Å²) in [5.41, 5.74) is 0.581. The third-order valence-electron chi connectivity index (χ3n) is 2.75. The molecule has 4 heteroatoms. The van der Waals surface area contributed by atoms with Gasteiger partial charge in [-0.25, -0.2) is 4.39 Å². The van der Waals surface area contributed by atoms with Gasteiger partial charge in [0.15, 0.2) is 0 Å². The van der Waals surface area contributed by atoms with Crippen LogP contribution in [-0.4, -0.2) is 30.4 Å². The minimum atomic E-state index is -0.243. The van der Waals surface area contributed by atoms with Crippen LogP contribution in [0, 0.1) is 5.82 Å². The lowest BCUT2D eigenvalue weighted by atomic mass is 10.2. The fraction of sp³-hybridized carbons (Fsp3) is 0.417. The number of hydrogen-bond acceptors (Lipinski definition) is 2. The fourth-order valence-electron chi connectivity index (χ4n) is 1.82. The standard InChI is InChI=1S/C12H15FN2O/c13-11-4-2-1-3-10(11)9-15-8-7-14-6-5-12(15)16/h1-4,14H,5-9H2. The molecule has 3 nitrogen and oxygen atoms in total. The zero-order valence-corrected chi connectivity index (χ0v) is 9.08. The van der Waals surface area contributed by atoms with Crippen LogP contribution in [0.5, 0.6) is 0 Å². The Labute approximate surface area is 94.3 Å². The third kappa shape index (κ3) is 2.58. The number of hydrogen-bond donors (Lipinski definition) is 1. The van der Waals surface area contributed by atoms with Gasteiger partial charge in [-0.3, -0.25) is 4.79 Å². The Bertz CT molecular complexity index is 381. The second kappa shape index (κ2) is 5.07. The van der Waals surface area contributed by atoms with Gasteiger partial charge < -0.3 is 10.2 Å². The minimum Gasteiger partial charge on any atom is -0.337 e. The normalized spacial score (nSPS) is 17.3. The van der Waals surface area contributed by atoms with Crippen molar-refractivity contribution in [2.45, 2.75) is 13.0 Å². The summed E-state index contributed by atoms with van der Waals surface area (Å²) in [6, 6.07) is 6.60. The number of carbonyl (C=O) groups excluding carboxylic acids is 1. The molecule has 0 bridgehead atoms. The van der Waals surface area contributed by atoms with Crippen molar-refractivity contribution in [3.05, 3.63) is 35.6 Å².